The zero-order valence-corrected chi connectivity index (χ0v) is 20.0. The van der Waals surface area contributed by atoms with Crippen molar-refractivity contribution in [1.29, 1.82) is 0 Å². The Balaban J connectivity index is 1.82. The molecule has 1 aliphatic rings. The van der Waals surface area contributed by atoms with E-state index in [1.807, 2.05) is 37.3 Å². The number of rotatable bonds is 9. The van der Waals surface area contributed by atoms with Gasteiger partial charge in [0.15, 0.2) is 11.5 Å². The van der Waals surface area contributed by atoms with Crippen LogP contribution in [-0.2, 0) is 20.9 Å². The predicted octanol–water partition coefficient (Wildman–Crippen LogP) is 5.03. The van der Waals surface area contributed by atoms with Gasteiger partial charge in [-0.1, -0.05) is 46.3 Å². The summed E-state index contributed by atoms with van der Waals surface area (Å²) in [5.41, 5.74) is 1.66. The molecule has 0 unspecified atom stereocenters. The Bertz CT molecular complexity index is 1040. The third-order valence-corrected chi connectivity index (χ3v) is 5.95. The van der Waals surface area contributed by atoms with Gasteiger partial charge in [0.1, 0.15) is 13.2 Å². The fourth-order valence-electron chi connectivity index (χ4n) is 2.89. The lowest BCUT2D eigenvalue weighted by molar-refractivity contribution is -0.145. The summed E-state index contributed by atoms with van der Waals surface area (Å²) in [4.78, 5) is 37.6. The van der Waals surface area contributed by atoms with Gasteiger partial charge >= 0.3 is 5.97 Å². The molecule has 9 heteroatoms. The smallest absolute Gasteiger partial charge is 0.326 e. The van der Waals surface area contributed by atoms with E-state index < -0.39 is 23.7 Å². The van der Waals surface area contributed by atoms with Crippen molar-refractivity contribution >= 4 is 50.9 Å². The van der Waals surface area contributed by atoms with Crippen molar-refractivity contribution in [1.82, 2.24) is 4.90 Å². The largest absolute Gasteiger partial charge is 0.490 e. The number of hydrogen-bond acceptors (Lipinski definition) is 7. The molecule has 0 aromatic heterocycles. The van der Waals surface area contributed by atoms with Crippen LogP contribution in [0.15, 0.2) is 51.8 Å². The Morgan fingerprint density at radius 2 is 1.78 bits per heavy atom. The standard InChI is InChI=1S/C23H22BrNO6S/c1-3-29-18-10-16(17(24)12-19(18)31-14-15-8-6-5-7-9-15)11-20-22(27)25(23(28)32-20)13-21(26)30-4-2/h5-12H,3-4,13-14H2,1-2H3/b20-11+. The minimum atomic E-state index is -0.629. The first-order chi connectivity index (χ1) is 15.4. The van der Waals surface area contributed by atoms with Crippen molar-refractivity contribution in [3.8, 4) is 11.5 Å². The molecular formula is C23H22BrNO6S. The van der Waals surface area contributed by atoms with Gasteiger partial charge in [-0.15, -0.1) is 0 Å². The minimum absolute atomic E-state index is 0.177. The van der Waals surface area contributed by atoms with Crippen LogP contribution in [0.3, 0.4) is 0 Å². The SMILES string of the molecule is CCOC(=O)CN1C(=O)S/C(=C/c2cc(OCC)c(OCc3ccccc3)cc2Br)C1=O. The van der Waals surface area contributed by atoms with Gasteiger partial charge in [-0.2, -0.15) is 0 Å². The van der Waals surface area contributed by atoms with E-state index in [2.05, 4.69) is 15.9 Å². The number of benzene rings is 2. The van der Waals surface area contributed by atoms with Crippen molar-refractivity contribution in [2.24, 2.45) is 0 Å². The van der Waals surface area contributed by atoms with Crippen molar-refractivity contribution in [2.75, 3.05) is 19.8 Å². The fraction of sp³-hybridized carbons (Fsp3) is 0.261. The average molecular weight is 520 g/mol. The molecule has 1 heterocycles. The summed E-state index contributed by atoms with van der Waals surface area (Å²) in [6.07, 6.45) is 1.59. The van der Waals surface area contributed by atoms with Crippen molar-refractivity contribution in [3.05, 3.63) is 63.0 Å². The van der Waals surface area contributed by atoms with Crippen LogP contribution in [0.4, 0.5) is 4.79 Å². The average Bonchev–Trinajstić information content (AvgIpc) is 3.03. The zero-order valence-electron chi connectivity index (χ0n) is 17.6. The van der Waals surface area contributed by atoms with Gasteiger partial charge in [0.25, 0.3) is 11.1 Å². The number of thioether (sulfide) groups is 1. The quantitative estimate of drug-likeness (QED) is 0.339. The minimum Gasteiger partial charge on any atom is -0.490 e. The van der Waals surface area contributed by atoms with E-state index in [-0.39, 0.29) is 11.5 Å². The van der Waals surface area contributed by atoms with Gasteiger partial charge in [-0.25, -0.2) is 0 Å². The number of ether oxygens (including phenoxy) is 3. The lowest BCUT2D eigenvalue weighted by Gasteiger charge is -2.14. The van der Waals surface area contributed by atoms with Crippen LogP contribution in [-0.4, -0.2) is 41.8 Å². The highest BCUT2D eigenvalue weighted by Gasteiger charge is 2.36. The highest BCUT2D eigenvalue weighted by Crippen LogP contribution is 2.38. The molecule has 0 bridgehead atoms. The van der Waals surface area contributed by atoms with E-state index in [1.54, 1.807) is 25.1 Å². The molecule has 7 nitrogen and oxygen atoms in total. The molecular weight excluding hydrogens is 498 g/mol. The monoisotopic (exact) mass is 519 g/mol. The topological polar surface area (TPSA) is 82.1 Å². The molecule has 3 rings (SSSR count). The van der Waals surface area contributed by atoms with E-state index in [4.69, 9.17) is 14.2 Å². The molecule has 0 aliphatic carbocycles. The molecule has 2 aromatic carbocycles. The Hall–Kier alpha value is -2.78. The number of amides is 2. The first-order valence-electron chi connectivity index (χ1n) is 9.97. The van der Waals surface area contributed by atoms with Gasteiger partial charge in [-0.05, 0) is 54.9 Å². The number of halogens is 1. The van der Waals surface area contributed by atoms with E-state index in [0.717, 1.165) is 22.2 Å². The van der Waals surface area contributed by atoms with Crippen LogP contribution in [0.25, 0.3) is 6.08 Å². The Kier molecular flexibility index (Phi) is 8.35. The van der Waals surface area contributed by atoms with E-state index in [0.29, 0.717) is 34.7 Å². The second-order valence-electron chi connectivity index (χ2n) is 6.60. The lowest BCUT2D eigenvalue weighted by atomic mass is 10.1. The normalized spacial score (nSPS) is 14.7. The van der Waals surface area contributed by atoms with Crippen molar-refractivity contribution in [2.45, 2.75) is 20.5 Å². The van der Waals surface area contributed by atoms with Crippen molar-refractivity contribution in [3.63, 3.8) is 0 Å². The highest BCUT2D eigenvalue weighted by atomic mass is 79.9. The van der Waals surface area contributed by atoms with Crippen LogP contribution in [0.1, 0.15) is 25.0 Å². The second-order valence-corrected chi connectivity index (χ2v) is 8.45. The molecule has 0 radical (unpaired) electrons. The molecule has 0 saturated carbocycles. The highest BCUT2D eigenvalue weighted by molar-refractivity contribution is 9.10. The fourth-order valence-corrected chi connectivity index (χ4v) is 4.16. The van der Waals surface area contributed by atoms with Crippen LogP contribution >= 0.6 is 27.7 Å². The van der Waals surface area contributed by atoms with Gasteiger partial charge in [0.2, 0.25) is 0 Å². The number of imide groups is 1. The maximum absolute atomic E-state index is 12.6. The lowest BCUT2D eigenvalue weighted by Crippen LogP contribution is -2.34. The summed E-state index contributed by atoms with van der Waals surface area (Å²) in [6.45, 7) is 4.10. The first kappa shape index (κ1) is 23.9. The Labute approximate surface area is 198 Å². The summed E-state index contributed by atoms with van der Waals surface area (Å²) in [5, 5.41) is -0.515. The third kappa shape index (κ3) is 5.92. The van der Waals surface area contributed by atoms with Crippen LogP contribution in [0, 0.1) is 0 Å². The number of carbonyl (C=O) groups is 3. The third-order valence-electron chi connectivity index (χ3n) is 4.35. The molecule has 2 aromatic rings. The maximum Gasteiger partial charge on any atom is 0.326 e. The molecule has 2 amide bonds. The summed E-state index contributed by atoms with van der Waals surface area (Å²) in [5.74, 6) is -0.100. The molecule has 0 atom stereocenters. The first-order valence-corrected chi connectivity index (χ1v) is 11.6. The summed E-state index contributed by atoms with van der Waals surface area (Å²) in [7, 11) is 0. The molecule has 32 heavy (non-hydrogen) atoms. The zero-order chi connectivity index (χ0) is 23.1. The van der Waals surface area contributed by atoms with Gasteiger partial charge in [-0.3, -0.25) is 19.3 Å². The summed E-state index contributed by atoms with van der Waals surface area (Å²) >= 11 is 4.28. The number of hydrogen-bond donors (Lipinski definition) is 0. The van der Waals surface area contributed by atoms with Crippen LogP contribution < -0.4 is 9.47 Å². The molecule has 1 aliphatic heterocycles. The predicted molar refractivity (Wildman–Crippen MR) is 125 cm³/mol. The van der Waals surface area contributed by atoms with Gasteiger partial charge in [0.05, 0.1) is 18.1 Å². The Morgan fingerprint density at radius 3 is 2.47 bits per heavy atom. The molecule has 1 saturated heterocycles. The summed E-state index contributed by atoms with van der Waals surface area (Å²) in [6, 6.07) is 13.3. The second kappa shape index (κ2) is 11.2. The van der Waals surface area contributed by atoms with Crippen LogP contribution in [0.5, 0.6) is 11.5 Å². The van der Waals surface area contributed by atoms with Crippen LogP contribution in [0.2, 0.25) is 0 Å². The molecule has 1 fully saturated rings. The van der Waals surface area contributed by atoms with E-state index in [1.165, 1.54) is 0 Å². The molecule has 0 N–H and O–H groups in total. The van der Waals surface area contributed by atoms with E-state index >= 15 is 0 Å². The van der Waals surface area contributed by atoms with Gasteiger partial charge in [0, 0.05) is 4.47 Å². The molecule has 168 valence electrons. The number of esters is 1. The van der Waals surface area contributed by atoms with Gasteiger partial charge < -0.3 is 14.2 Å². The molecule has 0 spiro atoms. The number of carbonyl (C=O) groups excluding carboxylic acids is 3. The van der Waals surface area contributed by atoms with Crippen molar-refractivity contribution < 1.29 is 28.6 Å². The Morgan fingerprint density at radius 1 is 1.06 bits per heavy atom. The number of nitrogens with zero attached hydrogens (tertiary/aromatic N) is 1. The van der Waals surface area contributed by atoms with E-state index in [9.17, 15) is 14.4 Å². The maximum atomic E-state index is 12.6. The summed E-state index contributed by atoms with van der Waals surface area (Å²) < 4.78 is 17.2.